The van der Waals surface area contributed by atoms with E-state index in [1.807, 2.05) is 123 Å². The summed E-state index contributed by atoms with van der Waals surface area (Å²) in [6.45, 7) is 1.94. The molecule has 4 aromatic carbocycles. The van der Waals surface area contributed by atoms with Gasteiger partial charge in [-0.1, -0.05) is 60.7 Å². The van der Waals surface area contributed by atoms with Gasteiger partial charge in [0.05, 0.1) is 5.69 Å². The van der Waals surface area contributed by atoms with Crippen molar-refractivity contribution < 1.29 is 9.53 Å². The highest BCUT2D eigenvalue weighted by Crippen LogP contribution is 2.31. The monoisotopic (exact) mass is 554 g/mol. The molecule has 0 saturated heterocycles. The highest BCUT2D eigenvalue weighted by atomic mass is 16.5. The fourth-order valence-corrected chi connectivity index (χ4v) is 4.81. The number of fused-ring (bicyclic) bond motifs is 1. The summed E-state index contributed by atoms with van der Waals surface area (Å²) >= 11 is 0. The zero-order valence-electron chi connectivity index (χ0n) is 23.3. The van der Waals surface area contributed by atoms with Crippen LogP contribution in [0.2, 0.25) is 0 Å². The van der Waals surface area contributed by atoms with Crippen LogP contribution in [-0.4, -0.2) is 25.9 Å². The number of anilines is 2. The third-order valence-electron chi connectivity index (χ3n) is 7.09. The molecule has 8 nitrogen and oxygen atoms in total. The molecule has 0 aliphatic carbocycles. The van der Waals surface area contributed by atoms with Crippen LogP contribution in [0.5, 0.6) is 11.5 Å². The predicted molar refractivity (Wildman–Crippen MR) is 168 cm³/mol. The van der Waals surface area contributed by atoms with Gasteiger partial charge in [-0.2, -0.15) is 0 Å². The van der Waals surface area contributed by atoms with Gasteiger partial charge in [-0.05, 0) is 72.6 Å². The first-order valence-corrected chi connectivity index (χ1v) is 13.5. The molecule has 0 aliphatic rings. The number of nitrogen functional groups attached to an aromatic ring is 1. The quantitative estimate of drug-likeness (QED) is 0.170. The summed E-state index contributed by atoms with van der Waals surface area (Å²) in [5, 5.41) is 11.4. The standard InChI is InChI=1S/C34H30N6O2/c1-22-29(23-15-17-28(18-16-23)42-27-12-4-3-5-13-27)21-31(40(2)39-38-33(22)35)25-10-8-11-26(19-25)34(41)37-32-20-24-9-6-7-14-30(24)36-32/h3-21,36,39H,1-2H3,(H2,35,38)(H,37,41). The number of nitrogens with zero attached hydrogens (tertiary/aromatic N) is 2. The number of carbonyl (C=O) groups excluding carboxylic acids is 1. The van der Waals surface area contributed by atoms with Crippen LogP contribution in [0.25, 0.3) is 33.3 Å². The number of benzene rings is 4. The van der Waals surface area contributed by atoms with Crippen LogP contribution in [0.4, 0.5) is 11.6 Å². The Morgan fingerprint density at radius 3 is 2.36 bits per heavy atom. The molecule has 0 spiro atoms. The summed E-state index contributed by atoms with van der Waals surface area (Å²) in [6, 6.07) is 36.9. The summed E-state index contributed by atoms with van der Waals surface area (Å²) < 4.78 is 7.76. The predicted octanol–water partition coefficient (Wildman–Crippen LogP) is 7.62. The second kappa shape index (κ2) is 11.4. The maximum absolute atomic E-state index is 13.2. The highest BCUT2D eigenvalue weighted by molar-refractivity contribution is 6.05. The molecule has 1 amide bonds. The van der Waals surface area contributed by atoms with Crippen LogP contribution < -0.4 is 15.8 Å². The second-order valence-corrected chi connectivity index (χ2v) is 9.97. The number of ether oxygens (including phenoxy) is 1. The van der Waals surface area contributed by atoms with Crippen molar-refractivity contribution in [3.05, 3.63) is 126 Å². The molecule has 8 heteroatoms. The molecule has 0 radical (unpaired) electrons. The first-order chi connectivity index (χ1) is 20.4. The van der Waals surface area contributed by atoms with Crippen LogP contribution in [0.15, 0.2) is 115 Å². The number of carbonyl (C=O) groups is 1. The number of hydrogen-bond acceptors (Lipinski definition) is 4. The van der Waals surface area contributed by atoms with Crippen molar-refractivity contribution in [2.45, 2.75) is 6.92 Å². The maximum atomic E-state index is 13.2. The molecular formula is C34H30N6O2. The van der Waals surface area contributed by atoms with Gasteiger partial charge in [0.25, 0.3) is 5.91 Å². The van der Waals surface area contributed by atoms with E-state index in [-0.39, 0.29) is 5.91 Å². The smallest absolute Gasteiger partial charge is 0.256 e. The van der Waals surface area contributed by atoms with Gasteiger partial charge in [0.1, 0.15) is 23.1 Å². The Hall–Kier alpha value is -5.76. The Kier molecular flexibility index (Phi) is 7.17. The number of hydrogen-bond donors (Lipinski definition) is 4. The SMILES string of the molecule is Cc1c(-c2ccc(Oc3ccccc3)cc2)cc(-c2cccc(C(=O)Nc3cc4ccccc4[nH]3)c2)n(C)[nH]nc1N. The Bertz CT molecular complexity index is 1900. The van der Waals surface area contributed by atoms with E-state index in [4.69, 9.17) is 10.5 Å². The van der Waals surface area contributed by atoms with E-state index in [9.17, 15) is 4.79 Å². The molecule has 0 unspecified atom stereocenters. The number of rotatable bonds is 6. The molecule has 2 heterocycles. The number of nitrogens with one attached hydrogen (secondary N) is 3. The fraction of sp³-hybridized carbons (Fsp3) is 0.0588. The minimum atomic E-state index is -0.214. The molecule has 0 bridgehead atoms. The van der Waals surface area contributed by atoms with E-state index in [2.05, 4.69) is 20.6 Å². The lowest BCUT2D eigenvalue weighted by Crippen LogP contribution is -2.12. The third-order valence-corrected chi connectivity index (χ3v) is 7.09. The van der Waals surface area contributed by atoms with E-state index in [1.165, 1.54) is 0 Å². The van der Waals surface area contributed by atoms with E-state index >= 15 is 0 Å². The summed E-state index contributed by atoms with van der Waals surface area (Å²) in [7, 11) is 1.86. The first kappa shape index (κ1) is 26.5. The Balaban J connectivity index is 1.34. The Labute approximate surface area is 243 Å². The average Bonchev–Trinajstić information content (AvgIpc) is 3.43. The van der Waals surface area contributed by atoms with Crippen LogP contribution in [0.1, 0.15) is 15.9 Å². The minimum Gasteiger partial charge on any atom is -0.457 e. The number of nitrogens with two attached hydrogens (primary N) is 1. The number of aryl methyl sites for hydroxylation is 1. The van der Waals surface area contributed by atoms with Gasteiger partial charge in [-0.25, -0.2) is 5.21 Å². The molecule has 42 heavy (non-hydrogen) atoms. The van der Waals surface area contributed by atoms with E-state index in [1.54, 1.807) is 10.7 Å². The number of aromatic nitrogens is 4. The lowest BCUT2D eigenvalue weighted by atomic mass is 9.99. The zero-order chi connectivity index (χ0) is 29.1. The number of para-hydroxylation sites is 2. The van der Waals surface area contributed by atoms with Crippen LogP contribution in [0.3, 0.4) is 0 Å². The second-order valence-electron chi connectivity index (χ2n) is 9.97. The maximum Gasteiger partial charge on any atom is 0.256 e. The van der Waals surface area contributed by atoms with Gasteiger partial charge in [-0.3, -0.25) is 9.48 Å². The van der Waals surface area contributed by atoms with Crippen molar-refractivity contribution in [1.82, 2.24) is 20.0 Å². The van der Waals surface area contributed by atoms with E-state index in [0.29, 0.717) is 17.2 Å². The molecule has 208 valence electrons. The summed E-state index contributed by atoms with van der Waals surface area (Å²) in [6.07, 6.45) is 0. The van der Waals surface area contributed by atoms with Crippen LogP contribution >= 0.6 is 0 Å². The van der Waals surface area contributed by atoms with Gasteiger partial charge >= 0.3 is 0 Å². The molecule has 0 atom stereocenters. The lowest BCUT2D eigenvalue weighted by Gasteiger charge is -2.14. The largest absolute Gasteiger partial charge is 0.457 e. The normalized spacial score (nSPS) is 10.8. The van der Waals surface area contributed by atoms with Crippen molar-refractivity contribution in [3.8, 4) is 33.9 Å². The first-order valence-electron chi connectivity index (χ1n) is 13.5. The average molecular weight is 555 g/mol. The van der Waals surface area contributed by atoms with Crippen molar-refractivity contribution in [2.75, 3.05) is 11.1 Å². The highest BCUT2D eigenvalue weighted by Gasteiger charge is 2.13. The minimum absolute atomic E-state index is 0.214. The van der Waals surface area contributed by atoms with Gasteiger partial charge in [0, 0.05) is 34.6 Å². The third kappa shape index (κ3) is 5.59. The van der Waals surface area contributed by atoms with Crippen LogP contribution in [-0.2, 0) is 7.05 Å². The van der Waals surface area contributed by atoms with Gasteiger partial charge in [-0.15, -0.1) is 5.10 Å². The molecule has 0 saturated carbocycles. The van der Waals surface area contributed by atoms with Gasteiger partial charge in [0.2, 0.25) is 0 Å². The molecule has 5 N–H and O–H groups in total. The van der Waals surface area contributed by atoms with E-state index < -0.39 is 0 Å². The Morgan fingerprint density at radius 1 is 0.833 bits per heavy atom. The Morgan fingerprint density at radius 2 is 1.57 bits per heavy atom. The summed E-state index contributed by atoms with van der Waals surface area (Å²) in [4.78, 5) is 16.5. The van der Waals surface area contributed by atoms with Gasteiger partial charge < -0.3 is 20.8 Å². The molecule has 2 aromatic heterocycles. The van der Waals surface area contributed by atoms with Crippen molar-refractivity contribution in [1.29, 1.82) is 0 Å². The summed E-state index contributed by atoms with van der Waals surface area (Å²) in [5.74, 6) is 2.30. The number of H-pyrrole nitrogens is 2. The van der Waals surface area contributed by atoms with Crippen molar-refractivity contribution >= 4 is 28.4 Å². The molecule has 0 fully saturated rings. The van der Waals surface area contributed by atoms with Crippen molar-refractivity contribution in [2.24, 2.45) is 7.05 Å². The molecule has 0 aliphatic heterocycles. The molecular weight excluding hydrogens is 524 g/mol. The zero-order valence-corrected chi connectivity index (χ0v) is 23.3. The van der Waals surface area contributed by atoms with Gasteiger partial charge in [0.15, 0.2) is 0 Å². The fourth-order valence-electron chi connectivity index (χ4n) is 4.81. The number of amides is 1. The molecule has 6 rings (SSSR count). The van der Waals surface area contributed by atoms with Crippen LogP contribution in [0, 0.1) is 6.92 Å². The summed E-state index contributed by atoms with van der Waals surface area (Å²) in [5.41, 5.74) is 12.1. The number of aromatic amines is 2. The van der Waals surface area contributed by atoms with E-state index in [0.717, 1.165) is 50.3 Å². The molecule has 6 aromatic rings. The topological polar surface area (TPSA) is 114 Å². The lowest BCUT2D eigenvalue weighted by molar-refractivity contribution is 0.102. The van der Waals surface area contributed by atoms with Crippen molar-refractivity contribution in [3.63, 3.8) is 0 Å².